The van der Waals surface area contributed by atoms with Gasteiger partial charge in [0.15, 0.2) is 5.96 Å². The molecule has 1 aliphatic rings. The van der Waals surface area contributed by atoms with Gasteiger partial charge in [-0.05, 0) is 44.0 Å². The number of benzene rings is 1. The van der Waals surface area contributed by atoms with Gasteiger partial charge in [-0.2, -0.15) is 0 Å². The van der Waals surface area contributed by atoms with Crippen molar-refractivity contribution >= 4 is 47.7 Å². The molecule has 5 nitrogen and oxygen atoms in total. The number of piperidine rings is 1. The number of methoxy groups -OCH3 is 1. The van der Waals surface area contributed by atoms with E-state index in [9.17, 15) is 9.18 Å². The summed E-state index contributed by atoms with van der Waals surface area (Å²) in [6.45, 7) is 5.14. The van der Waals surface area contributed by atoms with Crippen molar-refractivity contribution in [2.75, 3.05) is 39.0 Å². The molecule has 0 radical (unpaired) electrons. The van der Waals surface area contributed by atoms with E-state index in [4.69, 9.17) is 4.74 Å². The lowest BCUT2D eigenvalue weighted by atomic mass is 9.97. The number of halogens is 2. The van der Waals surface area contributed by atoms with Crippen molar-refractivity contribution in [2.24, 2.45) is 10.9 Å². The molecule has 146 valence electrons. The van der Waals surface area contributed by atoms with Crippen molar-refractivity contribution in [1.29, 1.82) is 0 Å². The van der Waals surface area contributed by atoms with Crippen molar-refractivity contribution in [1.82, 2.24) is 10.2 Å². The summed E-state index contributed by atoms with van der Waals surface area (Å²) in [4.78, 5) is 19.5. The number of nitrogens with zero attached hydrogens (tertiary/aromatic N) is 2. The first-order chi connectivity index (χ1) is 12.1. The monoisotopic (exact) mass is 495 g/mol. The van der Waals surface area contributed by atoms with Crippen molar-refractivity contribution < 1.29 is 13.9 Å². The molecule has 0 unspecified atom stereocenters. The largest absolute Gasteiger partial charge is 0.469 e. The standard InChI is InChI=1S/C18H26FN3O2S.HI/c1-3-20-18(22-11-8-14(9-12-22)17(23)24-2)21-10-13-25-16-6-4-15(19)5-7-16;/h4-7,14H,3,8-13H2,1-2H3,(H,20,21);1H. The van der Waals surface area contributed by atoms with Gasteiger partial charge in [0, 0.05) is 30.3 Å². The molecule has 0 aromatic heterocycles. The number of carbonyl (C=O) groups excluding carboxylic acids is 1. The molecule has 1 fully saturated rings. The Morgan fingerprint density at radius 2 is 2.00 bits per heavy atom. The number of hydrogen-bond donors (Lipinski definition) is 1. The summed E-state index contributed by atoms with van der Waals surface area (Å²) in [5.41, 5.74) is 0. The number of carbonyl (C=O) groups is 1. The lowest BCUT2D eigenvalue weighted by molar-refractivity contribution is -0.146. The average molecular weight is 495 g/mol. The Bertz CT molecular complexity index is 578. The van der Waals surface area contributed by atoms with E-state index in [0.29, 0.717) is 6.54 Å². The fourth-order valence-electron chi connectivity index (χ4n) is 2.77. The Morgan fingerprint density at radius 3 is 2.58 bits per heavy atom. The van der Waals surface area contributed by atoms with Gasteiger partial charge >= 0.3 is 5.97 Å². The predicted octanol–water partition coefficient (Wildman–Crippen LogP) is 3.39. The summed E-state index contributed by atoms with van der Waals surface area (Å²) < 4.78 is 17.7. The molecule has 0 bridgehead atoms. The average Bonchev–Trinajstić information content (AvgIpc) is 2.65. The molecule has 2 rings (SSSR count). The van der Waals surface area contributed by atoms with Gasteiger partial charge in [0.1, 0.15) is 5.82 Å². The molecule has 0 atom stereocenters. The molecule has 1 aromatic rings. The topological polar surface area (TPSA) is 53.9 Å². The number of aliphatic imine (C=N–C) groups is 1. The molecular formula is C18H27FIN3O2S. The highest BCUT2D eigenvalue weighted by atomic mass is 127. The van der Waals surface area contributed by atoms with Gasteiger partial charge in [-0.3, -0.25) is 9.79 Å². The molecule has 26 heavy (non-hydrogen) atoms. The van der Waals surface area contributed by atoms with Crippen LogP contribution >= 0.6 is 35.7 Å². The van der Waals surface area contributed by atoms with E-state index in [1.54, 1.807) is 23.9 Å². The van der Waals surface area contributed by atoms with Crippen LogP contribution in [0, 0.1) is 11.7 Å². The van der Waals surface area contributed by atoms with Gasteiger partial charge in [-0.1, -0.05) is 0 Å². The zero-order chi connectivity index (χ0) is 18.1. The summed E-state index contributed by atoms with van der Waals surface area (Å²) in [6, 6.07) is 6.52. The van der Waals surface area contributed by atoms with E-state index in [1.165, 1.54) is 19.2 Å². The van der Waals surface area contributed by atoms with Crippen LogP contribution in [0.3, 0.4) is 0 Å². The number of ether oxygens (including phenoxy) is 1. The second-order valence-corrected chi connectivity index (χ2v) is 6.99. The maximum absolute atomic E-state index is 12.9. The van der Waals surface area contributed by atoms with Crippen molar-refractivity contribution in [3.8, 4) is 0 Å². The van der Waals surface area contributed by atoms with Crippen molar-refractivity contribution in [3.63, 3.8) is 0 Å². The first-order valence-corrected chi connectivity index (χ1v) is 9.62. The Kier molecular flexibility index (Phi) is 11.0. The van der Waals surface area contributed by atoms with Crippen LogP contribution in [-0.4, -0.2) is 55.9 Å². The second kappa shape index (κ2) is 12.4. The van der Waals surface area contributed by atoms with Crippen molar-refractivity contribution in [3.05, 3.63) is 30.1 Å². The van der Waals surface area contributed by atoms with Gasteiger partial charge in [0.2, 0.25) is 0 Å². The van der Waals surface area contributed by atoms with Crippen molar-refractivity contribution in [2.45, 2.75) is 24.7 Å². The predicted molar refractivity (Wildman–Crippen MR) is 115 cm³/mol. The van der Waals surface area contributed by atoms with Crippen LogP contribution < -0.4 is 5.32 Å². The minimum absolute atomic E-state index is 0. The van der Waals surface area contributed by atoms with Gasteiger partial charge in [0.25, 0.3) is 0 Å². The third-order valence-corrected chi connectivity index (χ3v) is 5.09. The van der Waals surface area contributed by atoms with E-state index >= 15 is 0 Å². The highest BCUT2D eigenvalue weighted by Crippen LogP contribution is 2.19. The number of rotatable bonds is 6. The maximum atomic E-state index is 12.9. The van der Waals surface area contributed by atoms with Gasteiger partial charge in [-0.15, -0.1) is 35.7 Å². The Hall–Kier alpha value is -1.03. The minimum atomic E-state index is -0.216. The molecule has 1 aliphatic heterocycles. The molecule has 1 saturated heterocycles. The number of esters is 1. The molecule has 0 spiro atoms. The zero-order valence-corrected chi connectivity index (χ0v) is 18.4. The Morgan fingerprint density at radius 1 is 1.35 bits per heavy atom. The third kappa shape index (κ3) is 7.30. The van der Waals surface area contributed by atoms with E-state index in [1.807, 2.05) is 6.92 Å². The van der Waals surface area contributed by atoms with Gasteiger partial charge in [0.05, 0.1) is 19.6 Å². The number of guanidine groups is 1. The molecule has 1 heterocycles. The summed E-state index contributed by atoms with van der Waals surface area (Å²) in [5.74, 6) is 1.40. The lowest BCUT2D eigenvalue weighted by Gasteiger charge is -2.33. The molecule has 0 amide bonds. The van der Waals surface area contributed by atoms with E-state index < -0.39 is 0 Å². The highest BCUT2D eigenvalue weighted by molar-refractivity contribution is 14.0. The molecular weight excluding hydrogens is 468 g/mol. The Labute approximate surface area is 176 Å². The summed E-state index contributed by atoms with van der Waals surface area (Å²) in [6.07, 6.45) is 1.59. The lowest BCUT2D eigenvalue weighted by Crippen LogP contribution is -2.46. The van der Waals surface area contributed by atoms with Crippen LogP contribution in [0.15, 0.2) is 34.2 Å². The minimum Gasteiger partial charge on any atom is -0.469 e. The van der Waals surface area contributed by atoms with Gasteiger partial charge in [-0.25, -0.2) is 4.39 Å². The fourth-order valence-corrected chi connectivity index (χ4v) is 3.51. The number of hydrogen-bond acceptors (Lipinski definition) is 4. The van der Waals surface area contributed by atoms with E-state index in [0.717, 1.165) is 49.1 Å². The Balaban J connectivity index is 0.00000338. The smallest absolute Gasteiger partial charge is 0.308 e. The third-order valence-electron chi connectivity index (χ3n) is 4.10. The van der Waals surface area contributed by atoms with E-state index in [-0.39, 0.29) is 41.7 Å². The maximum Gasteiger partial charge on any atom is 0.308 e. The van der Waals surface area contributed by atoms with Crippen LogP contribution in [0.25, 0.3) is 0 Å². The van der Waals surface area contributed by atoms with Gasteiger partial charge < -0.3 is 15.0 Å². The molecule has 1 aromatic carbocycles. The quantitative estimate of drug-likeness (QED) is 0.164. The molecule has 1 N–H and O–H groups in total. The normalized spacial score (nSPS) is 15.3. The molecule has 0 aliphatic carbocycles. The van der Waals surface area contributed by atoms with Crippen LogP contribution in [0.1, 0.15) is 19.8 Å². The second-order valence-electron chi connectivity index (χ2n) is 5.82. The van der Waals surface area contributed by atoms with Crippen LogP contribution in [-0.2, 0) is 9.53 Å². The van der Waals surface area contributed by atoms with Crippen LogP contribution in [0.4, 0.5) is 4.39 Å². The number of likely N-dealkylation sites (tertiary alicyclic amines) is 1. The first-order valence-electron chi connectivity index (χ1n) is 8.63. The van der Waals surface area contributed by atoms with Crippen LogP contribution in [0.5, 0.6) is 0 Å². The van der Waals surface area contributed by atoms with Crippen LogP contribution in [0.2, 0.25) is 0 Å². The SMILES string of the molecule is CCNC(=NCCSc1ccc(F)cc1)N1CCC(C(=O)OC)CC1.I. The summed E-state index contributed by atoms with van der Waals surface area (Å²) in [7, 11) is 1.44. The number of nitrogens with one attached hydrogen (secondary N) is 1. The number of thioether (sulfide) groups is 1. The fraction of sp³-hybridized carbons (Fsp3) is 0.556. The summed E-state index contributed by atoms with van der Waals surface area (Å²) in [5, 5.41) is 3.32. The molecule has 8 heteroatoms. The first kappa shape index (κ1) is 23.0. The molecule has 0 saturated carbocycles. The van der Waals surface area contributed by atoms with E-state index in [2.05, 4.69) is 15.2 Å². The summed E-state index contributed by atoms with van der Waals surface area (Å²) >= 11 is 1.66. The zero-order valence-electron chi connectivity index (χ0n) is 15.2. The highest BCUT2D eigenvalue weighted by Gasteiger charge is 2.26.